The summed E-state index contributed by atoms with van der Waals surface area (Å²) in [5, 5.41) is 9.73. The van der Waals surface area contributed by atoms with Crippen molar-refractivity contribution in [2.45, 2.75) is 19.5 Å². The van der Waals surface area contributed by atoms with Gasteiger partial charge in [-0.1, -0.05) is 11.6 Å². The molecular formula is C17H19ClN4O3. The number of carboxylic acid groups (broad SMARTS) is 1. The standard InChI is InChI=1S/C17H19ClN4O3/c1-12-10-21(5-6-22(12)17(23)24)11-13-7-14(18)9-15(8-13)25-16-19-3-2-4-20-16/h2-4,7-9,12H,5-6,10-11H2,1H3,(H,23,24). The third-order valence-electron chi connectivity index (χ3n) is 4.05. The van der Waals surface area contributed by atoms with Gasteiger partial charge in [0.1, 0.15) is 5.75 Å². The summed E-state index contributed by atoms with van der Waals surface area (Å²) in [5.41, 5.74) is 0.995. The Morgan fingerprint density at radius 2 is 2.08 bits per heavy atom. The number of piperazine rings is 1. The SMILES string of the molecule is CC1CN(Cc2cc(Cl)cc(Oc3ncccn3)c2)CCN1C(=O)O. The first-order valence-electron chi connectivity index (χ1n) is 7.97. The Bertz CT molecular complexity index is 744. The molecule has 1 amide bonds. The molecule has 1 unspecified atom stereocenters. The molecule has 0 bridgehead atoms. The average Bonchev–Trinajstić information content (AvgIpc) is 2.55. The molecule has 3 rings (SSSR count). The van der Waals surface area contributed by atoms with E-state index in [1.54, 1.807) is 24.5 Å². The molecule has 1 aromatic heterocycles. The fourth-order valence-corrected chi connectivity index (χ4v) is 3.18. The van der Waals surface area contributed by atoms with E-state index in [4.69, 9.17) is 21.4 Å². The molecule has 8 heteroatoms. The Balaban J connectivity index is 1.68. The van der Waals surface area contributed by atoms with Gasteiger partial charge in [0, 0.05) is 49.6 Å². The van der Waals surface area contributed by atoms with Crippen LogP contribution < -0.4 is 4.74 Å². The number of aromatic nitrogens is 2. The Morgan fingerprint density at radius 3 is 2.76 bits per heavy atom. The van der Waals surface area contributed by atoms with Gasteiger partial charge in [-0.05, 0) is 36.8 Å². The summed E-state index contributed by atoms with van der Waals surface area (Å²) >= 11 is 6.20. The summed E-state index contributed by atoms with van der Waals surface area (Å²) < 4.78 is 5.65. The number of amides is 1. The Morgan fingerprint density at radius 1 is 1.32 bits per heavy atom. The third-order valence-corrected chi connectivity index (χ3v) is 4.26. The Hall–Kier alpha value is -2.38. The summed E-state index contributed by atoms with van der Waals surface area (Å²) in [5.74, 6) is 0.575. The molecule has 0 radical (unpaired) electrons. The molecular weight excluding hydrogens is 344 g/mol. The van der Waals surface area contributed by atoms with E-state index in [0.717, 1.165) is 5.56 Å². The molecule has 1 atom stereocenters. The highest BCUT2D eigenvalue weighted by atomic mass is 35.5. The van der Waals surface area contributed by atoms with Crippen LogP contribution in [0.5, 0.6) is 11.8 Å². The Kier molecular flexibility index (Phi) is 5.35. The normalized spacial score (nSPS) is 18.2. The van der Waals surface area contributed by atoms with E-state index in [1.807, 2.05) is 19.1 Å². The van der Waals surface area contributed by atoms with Crippen LogP contribution in [-0.2, 0) is 6.54 Å². The van der Waals surface area contributed by atoms with E-state index >= 15 is 0 Å². The second-order valence-corrected chi connectivity index (χ2v) is 6.43. The van der Waals surface area contributed by atoms with Crippen molar-refractivity contribution >= 4 is 17.7 Å². The number of hydrogen-bond donors (Lipinski definition) is 1. The predicted octanol–water partition coefficient (Wildman–Crippen LogP) is 3.11. The summed E-state index contributed by atoms with van der Waals surface area (Å²) in [6.45, 7) is 4.44. The molecule has 1 saturated heterocycles. The van der Waals surface area contributed by atoms with Gasteiger partial charge in [0.15, 0.2) is 0 Å². The second-order valence-electron chi connectivity index (χ2n) is 5.99. The smallest absolute Gasteiger partial charge is 0.407 e. The van der Waals surface area contributed by atoms with E-state index in [1.165, 1.54) is 4.90 Å². The maximum absolute atomic E-state index is 11.2. The molecule has 7 nitrogen and oxygen atoms in total. The van der Waals surface area contributed by atoms with E-state index < -0.39 is 6.09 Å². The van der Waals surface area contributed by atoms with E-state index in [0.29, 0.717) is 37.0 Å². The maximum Gasteiger partial charge on any atom is 0.407 e. The summed E-state index contributed by atoms with van der Waals surface area (Å²) in [6.07, 6.45) is 2.35. The quantitative estimate of drug-likeness (QED) is 0.900. The fourth-order valence-electron chi connectivity index (χ4n) is 2.93. The minimum Gasteiger partial charge on any atom is -0.465 e. The zero-order valence-corrected chi connectivity index (χ0v) is 14.6. The van der Waals surface area contributed by atoms with E-state index in [9.17, 15) is 4.79 Å². The van der Waals surface area contributed by atoms with Crippen LogP contribution in [0.2, 0.25) is 5.02 Å². The molecule has 1 fully saturated rings. The number of benzene rings is 1. The average molecular weight is 363 g/mol. The lowest BCUT2D eigenvalue weighted by atomic mass is 10.1. The van der Waals surface area contributed by atoms with Crippen LogP contribution >= 0.6 is 11.6 Å². The predicted molar refractivity (Wildman–Crippen MR) is 93.0 cm³/mol. The van der Waals surface area contributed by atoms with Gasteiger partial charge in [-0.3, -0.25) is 4.90 Å². The van der Waals surface area contributed by atoms with Crippen LogP contribution in [-0.4, -0.2) is 56.6 Å². The van der Waals surface area contributed by atoms with Crippen LogP contribution in [0, 0.1) is 0 Å². The monoisotopic (exact) mass is 362 g/mol. The highest BCUT2D eigenvalue weighted by Gasteiger charge is 2.27. The fraction of sp³-hybridized carbons (Fsp3) is 0.353. The highest BCUT2D eigenvalue weighted by molar-refractivity contribution is 6.30. The van der Waals surface area contributed by atoms with Crippen molar-refractivity contribution < 1.29 is 14.6 Å². The first kappa shape index (κ1) is 17.4. The van der Waals surface area contributed by atoms with Crippen LogP contribution in [0.25, 0.3) is 0 Å². The van der Waals surface area contributed by atoms with E-state index in [2.05, 4.69) is 14.9 Å². The molecule has 0 spiro atoms. The molecule has 1 aromatic carbocycles. The van der Waals surface area contributed by atoms with Gasteiger partial charge in [0.2, 0.25) is 0 Å². The van der Waals surface area contributed by atoms with Crippen molar-refractivity contribution in [2.24, 2.45) is 0 Å². The highest BCUT2D eigenvalue weighted by Crippen LogP contribution is 2.25. The molecule has 1 aliphatic heterocycles. The molecule has 1 N–H and O–H groups in total. The van der Waals surface area contributed by atoms with Crippen molar-refractivity contribution in [2.75, 3.05) is 19.6 Å². The van der Waals surface area contributed by atoms with Crippen molar-refractivity contribution in [1.82, 2.24) is 19.8 Å². The van der Waals surface area contributed by atoms with Crippen LogP contribution in [0.4, 0.5) is 4.79 Å². The number of carbonyl (C=O) groups is 1. The lowest BCUT2D eigenvalue weighted by Gasteiger charge is -2.38. The molecule has 132 valence electrons. The summed E-state index contributed by atoms with van der Waals surface area (Å²) in [7, 11) is 0. The van der Waals surface area contributed by atoms with Gasteiger partial charge in [0.25, 0.3) is 0 Å². The third kappa shape index (κ3) is 4.58. The molecule has 2 heterocycles. The van der Waals surface area contributed by atoms with Gasteiger partial charge in [0.05, 0.1) is 0 Å². The van der Waals surface area contributed by atoms with Crippen LogP contribution in [0.1, 0.15) is 12.5 Å². The largest absolute Gasteiger partial charge is 0.465 e. The van der Waals surface area contributed by atoms with Gasteiger partial charge in [-0.2, -0.15) is 0 Å². The lowest BCUT2D eigenvalue weighted by molar-refractivity contribution is 0.0711. The number of halogens is 1. The maximum atomic E-state index is 11.2. The van der Waals surface area contributed by atoms with E-state index in [-0.39, 0.29) is 12.1 Å². The van der Waals surface area contributed by atoms with Gasteiger partial charge in [-0.15, -0.1) is 0 Å². The summed E-state index contributed by atoms with van der Waals surface area (Å²) in [6, 6.07) is 7.43. The molecule has 2 aromatic rings. The molecule has 0 saturated carbocycles. The topological polar surface area (TPSA) is 78.8 Å². The van der Waals surface area contributed by atoms with Crippen LogP contribution in [0.15, 0.2) is 36.7 Å². The van der Waals surface area contributed by atoms with Crippen molar-refractivity contribution in [3.8, 4) is 11.8 Å². The summed E-state index contributed by atoms with van der Waals surface area (Å²) in [4.78, 5) is 22.9. The minimum atomic E-state index is -0.867. The lowest BCUT2D eigenvalue weighted by Crippen LogP contribution is -2.53. The van der Waals surface area contributed by atoms with Gasteiger partial charge >= 0.3 is 12.1 Å². The molecule has 1 aliphatic rings. The number of hydrogen-bond acceptors (Lipinski definition) is 5. The van der Waals surface area contributed by atoms with Gasteiger partial charge < -0.3 is 14.7 Å². The first-order valence-corrected chi connectivity index (χ1v) is 8.35. The van der Waals surface area contributed by atoms with Crippen molar-refractivity contribution in [1.29, 1.82) is 0 Å². The first-order chi connectivity index (χ1) is 12.0. The Labute approximate surface area is 150 Å². The van der Waals surface area contributed by atoms with Crippen LogP contribution in [0.3, 0.4) is 0 Å². The molecule has 25 heavy (non-hydrogen) atoms. The molecule has 0 aliphatic carbocycles. The minimum absolute atomic E-state index is 0.0427. The van der Waals surface area contributed by atoms with Gasteiger partial charge in [-0.25, -0.2) is 14.8 Å². The van der Waals surface area contributed by atoms with Crippen molar-refractivity contribution in [3.05, 3.63) is 47.2 Å². The number of nitrogens with zero attached hydrogens (tertiary/aromatic N) is 4. The zero-order chi connectivity index (χ0) is 17.8. The number of ether oxygens (including phenoxy) is 1. The number of rotatable bonds is 4. The van der Waals surface area contributed by atoms with Crippen molar-refractivity contribution in [3.63, 3.8) is 0 Å². The zero-order valence-electron chi connectivity index (χ0n) is 13.8. The second kappa shape index (κ2) is 7.67.